The molecule has 3 N–H and O–H groups in total. The Balaban J connectivity index is 1.21. The molecule has 4 aromatic carbocycles. The lowest BCUT2D eigenvalue weighted by Gasteiger charge is -2.37. The van der Waals surface area contributed by atoms with Crippen molar-refractivity contribution in [3.05, 3.63) is 126 Å². The standard InChI is InChI=1S/C49H54N5O8/c1-4-6-24-49(25-7-5-2)39-28-34(50-45(57)41-30-36(55)31-53(41)43(56)27-32-15-10-8-11-16-32)20-22-37(39)38-23-21-35(29-40(38)49)54(48(60)61)42-19-14-26-52(42)46(58)44(51-47(59)62-3)33-17-12-9-13-18-33/h8-13,15-18,20-23,27-29,41-42,44H,4-7,14,19,24-26,30-31H2,1-3H3,(H,50,57)(H,51,59)(H,60,61)/t41-,42-,44+/m0/s1. The van der Waals surface area contributed by atoms with Crippen molar-refractivity contribution in [1.82, 2.24) is 15.1 Å². The Morgan fingerprint density at radius 1 is 0.871 bits per heavy atom. The number of rotatable bonds is 15. The SMILES string of the molecule is CCCCC1(CCCC)c2cc(NC(=O)[C@@H]3CC(=O)CN3C(=O)[CH]c3ccccc3)ccc2-c2ccc(N(C(=O)O)[C@H]3CCCN3C(=O)[C@H](NC(=O)OC)c3ccccc3)cc21. The van der Waals surface area contributed by atoms with Gasteiger partial charge in [0.15, 0.2) is 5.78 Å². The number of nitrogens with zero attached hydrogens (tertiary/aromatic N) is 3. The first kappa shape index (κ1) is 43.6. The van der Waals surface area contributed by atoms with Crippen LogP contribution < -0.4 is 15.5 Å². The number of carbonyl (C=O) groups is 6. The second-order valence-electron chi connectivity index (χ2n) is 16.3. The Hall–Kier alpha value is -6.50. The number of hydrogen-bond acceptors (Lipinski definition) is 7. The molecule has 2 saturated heterocycles. The largest absolute Gasteiger partial charge is 0.465 e. The number of likely N-dealkylation sites (tertiary alicyclic amines) is 2. The Labute approximate surface area is 362 Å². The van der Waals surface area contributed by atoms with Crippen LogP contribution in [-0.4, -0.2) is 83.0 Å². The average Bonchev–Trinajstić information content (AvgIpc) is 3.99. The van der Waals surface area contributed by atoms with Crippen LogP contribution >= 0.6 is 0 Å². The van der Waals surface area contributed by atoms with E-state index in [0.29, 0.717) is 41.9 Å². The van der Waals surface area contributed by atoms with E-state index in [1.165, 1.54) is 28.2 Å². The van der Waals surface area contributed by atoms with Crippen LogP contribution in [0.3, 0.4) is 0 Å². The zero-order chi connectivity index (χ0) is 44.0. The number of alkyl carbamates (subject to hydrolysis) is 1. The topological polar surface area (TPSA) is 166 Å². The van der Waals surface area contributed by atoms with Gasteiger partial charge in [0.1, 0.15) is 18.2 Å². The highest BCUT2D eigenvalue weighted by molar-refractivity contribution is 6.06. The zero-order valence-electron chi connectivity index (χ0n) is 35.5. The van der Waals surface area contributed by atoms with Crippen molar-refractivity contribution in [3.63, 3.8) is 0 Å². The predicted molar refractivity (Wildman–Crippen MR) is 235 cm³/mol. The summed E-state index contributed by atoms with van der Waals surface area (Å²) in [5, 5.41) is 16.6. The molecular formula is C49H54N5O8. The third-order valence-electron chi connectivity index (χ3n) is 12.5. The zero-order valence-corrected chi connectivity index (χ0v) is 35.5. The van der Waals surface area contributed by atoms with Gasteiger partial charge in [0, 0.05) is 29.8 Å². The summed E-state index contributed by atoms with van der Waals surface area (Å²) in [7, 11) is 1.22. The molecule has 1 radical (unpaired) electrons. The van der Waals surface area contributed by atoms with E-state index in [4.69, 9.17) is 4.74 Å². The molecular weight excluding hydrogens is 787 g/mol. The molecule has 4 aromatic rings. The number of carbonyl (C=O) groups excluding carboxylic acids is 5. The van der Waals surface area contributed by atoms with E-state index < -0.39 is 53.6 Å². The summed E-state index contributed by atoms with van der Waals surface area (Å²) in [5.41, 5.74) is 5.64. The second-order valence-corrected chi connectivity index (χ2v) is 16.3. The molecule has 3 atom stereocenters. The first-order valence-electron chi connectivity index (χ1n) is 21.5. The minimum Gasteiger partial charge on any atom is -0.465 e. The van der Waals surface area contributed by atoms with E-state index >= 15 is 0 Å². The normalized spacial score (nSPS) is 17.8. The molecule has 2 fully saturated rings. The molecule has 1 aliphatic carbocycles. The first-order chi connectivity index (χ1) is 30.0. The summed E-state index contributed by atoms with van der Waals surface area (Å²) in [6, 6.07) is 27.3. The third kappa shape index (κ3) is 8.79. The molecule has 13 heteroatoms. The number of unbranched alkanes of at least 4 members (excludes halogenated alkanes) is 2. The van der Waals surface area contributed by atoms with Crippen LogP contribution in [-0.2, 0) is 29.3 Å². The quantitative estimate of drug-likeness (QED) is 0.108. The van der Waals surface area contributed by atoms with Gasteiger partial charge in [0.05, 0.1) is 20.1 Å². The Morgan fingerprint density at radius 3 is 2.16 bits per heavy atom. The van der Waals surface area contributed by atoms with Crippen molar-refractivity contribution in [2.24, 2.45) is 0 Å². The van der Waals surface area contributed by atoms with Crippen LogP contribution in [0.4, 0.5) is 21.0 Å². The molecule has 3 aliphatic rings. The van der Waals surface area contributed by atoms with Crippen LogP contribution in [0, 0.1) is 6.42 Å². The van der Waals surface area contributed by atoms with Gasteiger partial charge in [0.2, 0.25) is 11.8 Å². The molecule has 0 spiro atoms. The number of amides is 5. The molecule has 7 rings (SSSR count). The molecule has 2 aliphatic heterocycles. The summed E-state index contributed by atoms with van der Waals surface area (Å²) in [4.78, 5) is 84.3. The summed E-state index contributed by atoms with van der Waals surface area (Å²) in [6.07, 6.45) is 4.69. The van der Waals surface area contributed by atoms with E-state index in [0.717, 1.165) is 60.8 Å². The van der Waals surface area contributed by atoms with E-state index in [1.54, 1.807) is 48.5 Å². The number of anilines is 2. The maximum absolute atomic E-state index is 14.3. The molecule has 0 saturated carbocycles. The molecule has 62 heavy (non-hydrogen) atoms. The van der Waals surface area contributed by atoms with Crippen molar-refractivity contribution >= 4 is 47.1 Å². The number of carboxylic acid groups (broad SMARTS) is 1. The lowest BCUT2D eigenvalue weighted by Crippen LogP contribution is -2.53. The Bertz CT molecular complexity index is 2310. The maximum atomic E-state index is 14.3. The van der Waals surface area contributed by atoms with Crippen LogP contribution in [0.5, 0.6) is 0 Å². The molecule has 2 heterocycles. The van der Waals surface area contributed by atoms with Gasteiger partial charge in [-0.25, -0.2) is 9.59 Å². The maximum Gasteiger partial charge on any atom is 0.413 e. The van der Waals surface area contributed by atoms with Crippen molar-refractivity contribution in [2.75, 3.05) is 30.4 Å². The second kappa shape index (κ2) is 19.0. The van der Waals surface area contributed by atoms with E-state index in [-0.39, 0.29) is 18.7 Å². The summed E-state index contributed by atoms with van der Waals surface area (Å²) in [6.45, 7) is 4.43. The van der Waals surface area contributed by atoms with E-state index in [1.807, 2.05) is 48.5 Å². The molecule has 0 bridgehead atoms. The first-order valence-corrected chi connectivity index (χ1v) is 21.5. The van der Waals surface area contributed by atoms with Crippen molar-refractivity contribution < 1.29 is 38.6 Å². The van der Waals surface area contributed by atoms with Gasteiger partial charge in [-0.05, 0) is 83.3 Å². The highest BCUT2D eigenvalue weighted by Gasteiger charge is 2.45. The average molecular weight is 841 g/mol. The molecule has 0 unspecified atom stereocenters. The van der Waals surface area contributed by atoms with Gasteiger partial charge in [-0.2, -0.15) is 0 Å². The van der Waals surface area contributed by atoms with Crippen LogP contribution in [0.15, 0.2) is 97.1 Å². The van der Waals surface area contributed by atoms with Gasteiger partial charge in [-0.3, -0.25) is 24.1 Å². The van der Waals surface area contributed by atoms with Gasteiger partial charge >= 0.3 is 12.2 Å². The molecule has 5 amide bonds. The Morgan fingerprint density at radius 2 is 1.52 bits per heavy atom. The summed E-state index contributed by atoms with van der Waals surface area (Å²) in [5.74, 6) is -1.48. The van der Waals surface area contributed by atoms with Gasteiger partial charge < -0.3 is 30.3 Å². The number of ether oxygens (including phenoxy) is 1. The number of ketones is 1. The fraction of sp³-hybridized carbons (Fsp3) is 0.367. The fourth-order valence-corrected chi connectivity index (χ4v) is 9.45. The Kier molecular flexibility index (Phi) is 13.4. The van der Waals surface area contributed by atoms with Crippen molar-refractivity contribution in [3.8, 4) is 11.1 Å². The number of nitrogens with one attached hydrogen (secondary N) is 2. The minimum atomic E-state index is -1.21. The van der Waals surface area contributed by atoms with Gasteiger partial charge in [-0.1, -0.05) is 112 Å². The molecule has 0 aromatic heterocycles. The van der Waals surface area contributed by atoms with E-state index in [9.17, 15) is 33.9 Å². The fourth-order valence-electron chi connectivity index (χ4n) is 9.45. The molecule has 323 valence electrons. The number of benzene rings is 4. The van der Waals surface area contributed by atoms with E-state index in [2.05, 4.69) is 24.5 Å². The number of fused-ring (bicyclic) bond motifs is 3. The lowest BCUT2D eigenvalue weighted by molar-refractivity contribution is -0.134. The van der Waals surface area contributed by atoms with Crippen LogP contribution in [0.2, 0.25) is 0 Å². The van der Waals surface area contributed by atoms with Crippen molar-refractivity contribution in [2.45, 2.75) is 95.3 Å². The lowest BCUT2D eigenvalue weighted by atomic mass is 9.70. The summed E-state index contributed by atoms with van der Waals surface area (Å²) >= 11 is 0. The van der Waals surface area contributed by atoms with Crippen LogP contribution in [0.25, 0.3) is 11.1 Å². The number of hydrogen-bond donors (Lipinski definition) is 3. The van der Waals surface area contributed by atoms with Gasteiger partial charge in [0.25, 0.3) is 5.91 Å². The number of Topliss-reactive ketones (excluding diaryl/α,β-unsaturated/α-hetero) is 1. The predicted octanol–water partition coefficient (Wildman–Crippen LogP) is 8.22. The molecule has 13 nitrogen and oxygen atoms in total. The smallest absolute Gasteiger partial charge is 0.413 e. The highest BCUT2D eigenvalue weighted by Crippen LogP contribution is 2.55. The summed E-state index contributed by atoms with van der Waals surface area (Å²) < 4.78 is 4.85. The van der Waals surface area contributed by atoms with Crippen LogP contribution in [0.1, 0.15) is 99.9 Å². The third-order valence-corrected chi connectivity index (χ3v) is 12.5. The monoisotopic (exact) mass is 840 g/mol. The minimum absolute atomic E-state index is 0.0743. The van der Waals surface area contributed by atoms with Gasteiger partial charge in [-0.15, -0.1) is 0 Å². The number of methoxy groups -OCH3 is 1. The van der Waals surface area contributed by atoms with Crippen molar-refractivity contribution in [1.29, 1.82) is 0 Å². The highest BCUT2D eigenvalue weighted by atomic mass is 16.5.